The first-order valence-corrected chi connectivity index (χ1v) is 11.5. The van der Waals surface area contributed by atoms with Crippen molar-refractivity contribution >= 4 is 17.2 Å². The van der Waals surface area contributed by atoms with E-state index in [0.29, 0.717) is 22.9 Å². The number of ketones is 1. The highest BCUT2D eigenvalue weighted by Gasteiger charge is 2.44. The van der Waals surface area contributed by atoms with E-state index in [9.17, 15) is 18.0 Å². The molecule has 2 aliphatic rings. The van der Waals surface area contributed by atoms with Crippen LogP contribution < -0.4 is 16.4 Å². The molecule has 6 nitrogen and oxygen atoms in total. The van der Waals surface area contributed by atoms with Crippen LogP contribution in [-0.2, 0) is 6.42 Å². The Labute approximate surface area is 191 Å². The summed E-state index contributed by atoms with van der Waals surface area (Å²) in [5.41, 5.74) is 14.5. The number of aromatic nitrogens is 2. The largest absolute Gasteiger partial charge is 0.397 e. The van der Waals surface area contributed by atoms with E-state index in [-0.39, 0.29) is 37.4 Å². The third-order valence-corrected chi connectivity index (χ3v) is 6.75. The molecule has 1 saturated heterocycles. The first kappa shape index (κ1) is 23.5. The fourth-order valence-corrected chi connectivity index (χ4v) is 5.03. The summed E-state index contributed by atoms with van der Waals surface area (Å²) in [6.07, 6.45) is 4.18. The van der Waals surface area contributed by atoms with E-state index >= 15 is 0 Å². The van der Waals surface area contributed by atoms with Crippen LogP contribution in [0, 0.1) is 5.92 Å². The number of hydrogen-bond acceptors (Lipinski definition) is 6. The standard InChI is InChI=1S/C24H30F3N5O/c25-24(26,27)17-11-18(28)14-32(13-17)21-8-9-30-12-16(21)10-22(33)23-19(29)6-7-20(31-23)15-4-2-1-3-5-15/h6-9,12,15,17-18H,1-5,10-11,13-14,28-29H2. The van der Waals surface area contributed by atoms with Crippen LogP contribution in [0.15, 0.2) is 30.6 Å². The number of nitrogens with zero attached hydrogens (tertiary/aromatic N) is 3. The van der Waals surface area contributed by atoms with Gasteiger partial charge in [0.05, 0.1) is 11.6 Å². The van der Waals surface area contributed by atoms with E-state index < -0.39 is 18.1 Å². The topological polar surface area (TPSA) is 98.1 Å². The molecule has 2 fully saturated rings. The van der Waals surface area contributed by atoms with Crippen LogP contribution in [0.25, 0.3) is 0 Å². The van der Waals surface area contributed by atoms with Crippen molar-refractivity contribution in [3.05, 3.63) is 47.5 Å². The van der Waals surface area contributed by atoms with E-state index in [4.69, 9.17) is 11.5 Å². The Bertz CT molecular complexity index is 990. The minimum Gasteiger partial charge on any atom is -0.397 e. The molecule has 0 radical (unpaired) electrons. The van der Waals surface area contributed by atoms with Crippen LogP contribution in [0.5, 0.6) is 0 Å². The minimum absolute atomic E-state index is 0.0447. The number of nitrogen functional groups attached to an aromatic ring is 1. The molecule has 0 amide bonds. The number of piperidine rings is 1. The van der Waals surface area contributed by atoms with Crippen molar-refractivity contribution < 1.29 is 18.0 Å². The van der Waals surface area contributed by atoms with Crippen molar-refractivity contribution in [1.82, 2.24) is 9.97 Å². The summed E-state index contributed by atoms with van der Waals surface area (Å²) in [5.74, 6) is -1.45. The number of rotatable bonds is 5. The fraction of sp³-hybridized carbons (Fsp3) is 0.542. The van der Waals surface area contributed by atoms with Crippen molar-refractivity contribution in [2.45, 2.75) is 63.1 Å². The molecule has 0 bridgehead atoms. The second-order valence-electron chi connectivity index (χ2n) is 9.25. The van der Waals surface area contributed by atoms with Crippen molar-refractivity contribution in [2.75, 3.05) is 23.7 Å². The number of pyridine rings is 2. The molecule has 2 aromatic heterocycles. The summed E-state index contributed by atoms with van der Waals surface area (Å²) in [6, 6.07) is 4.66. The molecule has 3 heterocycles. The maximum Gasteiger partial charge on any atom is 0.393 e. The predicted molar refractivity (Wildman–Crippen MR) is 121 cm³/mol. The molecule has 33 heavy (non-hydrogen) atoms. The van der Waals surface area contributed by atoms with E-state index in [1.54, 1.807) is 17.0 Å². The number of carbonyl (C=O) groups excluding carboxylic acids is 1. The molecule has 1 saturated carbocycles. The van der Waals surface area contributed by atoms with Gasteiger partial charge in [0, 0.05) is 60.8 Å². The normalized spacial score (nSPS) is 22.4. The molecule has 2 unspecified atom stereocenters. The summed E-state index contributed by atoms with van der Waals surface area (Å²) in [4.78, 5) is 23.5. The van der Waals surface area contributed by atoms with Crippen LogP contribution >= 0.6 is 0 Å². The average molecular weight is 462 g/mol. The van der Waals surface area contributed by atoms with Gasteiger partial charge in [-0.25, -0.2) is 4.98 Å². The van der Waals surface area contributed by atoms with Crippen molar-refractivity contribution in [3.63, 3.8) is 0 Å². The van der Waals surface area contributed by atoms with Gasteiger partial charge in [-0.1, -0.05) is 19.3 Å². The van der Waals surface area contributed by atoms with Crippen molar-refractivity contribution in [2.24, 2.45) is 11.7 Å². The highest BCUT2D eigenvalue weighted by atomic mass is 19.4. The van der Waals surface area contributed by atoms with Gasteiger partial charge in [-0.05, 0) is 37.5 Å². The predicted octanol–water partition coefficient (Wildman–Crippen LogP) is 4.25. The second-order valence-corrected chi connectivity index (χ2v) is 9.25. The molecule has 1 aliphatic carbocycles. The van der Waals surface area contributed by atoms with Crippen LogP contribution in [-0.4, -0.2) is 41.1 Å². The minimum atomic E-state index is -4.32. The lowest BCUT2D eigenvalue weighted by atomic mass is 9.86. The lowest BCUT2D eigenvalue weighted by Gasteiger charge is -2.39. The third kappa shape index (κ3) is 5.46. The number of Topliss-reactive ketones (excluding diaryl/α,β-unsaturated/α-hetero) is 1. The Balaban J connectivity index is 1.56. The molecule has 4 rings (SSSR count). The Morgan fingerprint density at radius 1 is 1.12 bits per heavy atom. The Kier molecular flexibility index (Phi) is 6.88. The number of alkyl halides is 3. The summed E-state index contributed by atoms with van der Waals surface area (Å²) >= 11 is 0. The highest BCUT2D eigenvalue weighted by Crippen LogP contribution is 2.36. The van der Waals surface area contributed by atoms with Gasteiger partial charge in [0.2, 0.25) is 0 Å². The third-order valence-electron chi connectivity index (χ3n) is 6.75. The number of nitrogens with two attached hydrogens (primary N) is 2. The lowest BCUT2D eigenvalue weighted by Crippen LogP contribution is -2.51. The molecule has 9 heteroatoms. The molecule has 2 aromatic rings. The van der Waals surface area contributed by atoms with Crippen molar-refractivity contribution in [1.29, 1.82) is 0 Å². The average Bonchev–Trinajstić information content (AvgIpc) is 2.79. The first-order chi connectivity index (χ1) is 15.7. The lowest BCUT2D eigenvalue weighted by molar-refractivity contribution is -0.177. The maximum absolute atomic E-state index is 13.4. The smallest absolute Gasteiger partial charge is 0.393 e. The van der Waals surface area contributed by atoms with Crippen LogP contribution in [0.3, 0.4) is 0 Å². The fourth-order valence-electron chi connectivity index (χ4n) is 5.03. The van der Waals surface area contributed by atoms with Gasteiger partial charge in [0.15, 0.2) is 5.78 Å². The van der Waals surface area contributed by atoms with Crippen molar-refractivity contribution in [3.8, 4) is 0 Å². The molecular formula is C24H30F3N5O. The van der Waals surface area contributed by atoms with E-state index in [1.165, 1.54) is 18.8 Å². The van der Waals surface area contributed by atoms with Gasteiger partial charge in [-0.2, -0.15) is 13.2 Å². The quantitative estimate of drug-likeness (QED) is 0.646. The summed E-state index contributed by atoms with van der Waals surface area (Å²) in [6.45, 7) is 0.0926. The molecule has 2 atom stereocenters. The Morgan fingerprint density at radius 3 is 2.61 bits per heavy atom. The summed E-state index contributed by atoms with van der Waals surface area (Å²) in [7, 11) is 0. The van der Waals surface area contributed by atoms with Gasteiger partial charge in [-0.3, -0.25) is 9.78 Å². The summed E-state index contributed by atoms with van der Waals surface area (Å²) < 4.78 is 40.2. The maximum atomic E-state index is 13.4. The van der Waals surface area contributed by atoms with Crippen LogP contribution in [0.1, 0.15) is 66.2 Å². The number of anilines is 2. The zero-order valence-electron chi connectivity index (χ0n) is 18.5. The number of halogens is 3. The number of hydrogen-bond donors (Lipinski definition) is 2. The highest BCUT2D eigenvalue weighted by molar-refractivity contribution is 6.00. The Hall–Kier alpha value is -2.68. The van der Waals surface area contributed by atoms with Gasteiger partial charge in [0.1, 0.15) is 5.69 Å². The zero-order chi connectivity index (χ0) is 23.6. The van der Waals surface area contributed by atoms with Gasteiger partial charge in [0.25, 0.3) is 0 Å². The second kappa shape index (κ2) is 9.67. The van der Waals surface area contributed by atoms with Gasteiger partial charge in [-0.15, -0.1) is 0 Å². The molecular weight excluding hydrogens is 431 g/mol. The van der Waals surface area contributed by atoms with Gasteiger partial charge >= 0.3 is 6.18 Å². The van der Waals surface area contributed by atoms with E-state index in [0.717, 1.165) is 31.4 Å². The summed E-state index contributed by atoms with van der Waals surface area (Å²) in [5, 5.41) is 0. The SMILES string of the molecule is Nc1ccc(C2CCCCC2)nc1C(=O)Cc1cnccc1N1CC(N)CC(C(F)(F)F)C1. The molecule has 4 N–H and O–H groups in total. The Morgan fingerprint density at radius 2 is 1.88 bits per heavy atom. The molecule has 1 aliphatic heterocycles. The van der Waals surface area contributed by atoms with E-state index in [1.807, 2.05) is 6.07 Å². The molecule has 0 spiro atoms. The zero-order valence-corrected chi connectivity index (χ0v) is 18.5. The molecule has 0 aromatic carbocycles. The van der Waals surface area contributed by atoms with Gasteiger partial charge < -0.3 is 16.4 Å². The monoisotopic (exact) mass is 461 g/mol. The van der Waals surface area contributed by atoms with E-state index in [2.05, 4.69) is 9.97 Å². The van der Waals surface area contributed by atoms with Crippen LogP contribution in [0.4, 0.5) is 24.5 Å². The number of carbonyl (C=O) groups is 1. The molecule has 178 valence electrons. The first-order valence-electron chi connectivity index (χ1n) is 11.5. The van der Waals surface area contributed by atoms with Crippen LogP contribution in [0.2, 0.25) is 0 Å².